The first-order chi connectivity index (χ1) is 12.8. The van der Waals surface area contributed by atoms with Gasteiger partial charge in [-0.3, -0.25) is 4.79 Å². The summed E-state index contributed by atoms with van der Waals surface area (Å²) < 4.78 is 21.8. The van der Waals surface area contributed by atoms with E-state index >= 15 is 0 Å². The van der Waals surface area contributed by atoms with E-state index in [0.717, 1.165) is 0 Å². The molecule has 0 radical (unpaired) electrons. The molecule has 7 nitrogen and oxygen atoms in total. The molecule has 1 heterocycles. The van der Waals surface area contributed by atoms with Crippen LogP contribution in [0, 0.1) is 5.92 Å². The molecule has 0 unspecified atom stereocenters. The molecule has 0 bridgehead atoms. The van der Waals surface area contributed by atoms with Crippen molar-refractivity contribution in [3.05, 3.63) is 23.8 Å². The fraction of sp³-hybridized carbons (Fsp3) is 0.600. The molecule has 1 fully saturated rings. The molecule has 1 saturated heterocycles. The lowest BCUT2D eigenvalue weighted by Crippen LogP contribution is -2.49. The molecule has 1 amide bonds. The van der Waals surface area contributed by atoms with Crippen LogP contribution in [0.25, 0.3) is 0 Å². The monoisotopic (exact) mass is 379 g/mol. The van der Waals surface area contributed by atoms with Gasteiger partial charge in [-0.25, -0.2) is 4.79 Å². The van der Waals surface area contributed by atoms with Crippen molar-refractivity contribution in [1.29, 1.82) is 0 Å². The summed E-state index contributed by atoms with van der Waals surface area (Å²) in [6, 6.07) is 4.83. The molecule has 2 atom stereocenters. The summed E-state index contributed by atoms with van der Waals surface area (Å²) >= 11 is 0. The number of carbonyl (C=O) groups excluding carboxylic acids is 2. The number of benzene rings is 1. The van der Waals surface area contributed by atoms with Crippen molar-refractivity contribution in [3.63, 3.8) is 0 Å². The summed E-state index contributed by atoms with van der Waals surface area (Å²) in [5, 5.41) is 0. The van der Waals surface area contributed by atoms with Gasteiger partial charge < -0.3 is 23.8 Å². The van der Waals surface area contributed by atoms with Gasteiger partial charge >= 0.3 is 5.97 Å². The largest absolute Gasteiger partial charge is 0.493 e. The first-order valence-electron chi connectivity index (χ1n) is 9.21. The third-order valence-corrected chi connectivity index (χ3v) is 4.07. The third-order valence-electron chi connectivity index (χ3n) is 4.07. The molecule has 1 aromatic carbocycles. The number of ether oxygens (including phenoxy) is 4. The molecule has 0 saturated carbocycles. The zero-order valence-corrected chi connectivity index (χ0v) is 16.7. The van der Waals surface area contributed by atoms with Gasteiger partial charge in [0.25, 0.3) is 5.91 Å². The molecule has 1 aromatic rings. The smallest absolute Gasteiger partial charge is 0.338 e. The van der Waals surface area contributed by atoms with E-state index in [1.54, 1.807) is 23.1 Å². The van der Waals surface area contributed by atoms with E-state index in [-0.39, 0.29) is 24.7 Å². The summed E-state index contributed by atoms with van der Waals surface area (Å²) in [6.07, 6.45) is -0.0629. The van der Waals surface area contributed by atoms with Crippen LogP contribution < -0.4 is 9.47 Å². The highest BCUT2D eigenvalue weighted by atomic mass is 16.5. The van der Waals surface area contributed by atoms with Gasteiger partial charge in [-0.1, -0.05) is 13.8 Å². The Bertz CT molecular complexity index is 650. The molecule has 150 valence electrons. The average molecular weight is 379 g/mol. The molecular weight excluding hydrogens is 350 g/mol. The normalized spacial score (nSPS) is 19.7. The first-order valence-corrected chi connectivity index (χ1v) is 9.21. The Morgan fingerprint density at radius 1 is 1.19 bits per heavy atom. The zero-order chi connectivity index (χ0) is 20.0. The molecule has 27 heavy (non-hydrogen) atoms. The second-order valence-electron chi connectivity index (χ2n) is 7.20. The lowest BCUT2D eigenvalue weighted by molar-refractivity contribution is -0.146. The van der Waals surface area contributed by atoms with E-state index in [0.29, 0.717) is 42.7 Å². The summed E-state index contributed by atoms with van der Waals surface area (Å²) in [5.41, 5.74) is 0.306. The van der Waals surface area contributed by atoms with E-state index < -0.39 is 5.97 Å². The fourth-order valence-electron chi connectivity index (χ4n) is 2.85. The Balaban J connectivity index is 1.94. The van der Waals surface area contributed by atoms with Gasteiger partial charge in [0, 0.05) is 13.1 Å². The second-order valence-corrected chi connectivity index (χ2v) is 7.20. The molecule has 0 spiro atoms. The maximum absolute atomic E-state index is 12.3. The summed E-state index contributed by atoms with van der Waals surface area (Å²) in [5.74, 6) is 0.582. The highest BCUT2D eigenvalue weighted by Crippen LogP contribution is 2.28. The van der Waals surface area contributed by atoms with Crippen molar-refractivity contribution in [2.75, 3.05) is 33.4 Å². The molecule has 0 N–H and O–H groups in total. The number of amides is 1. The van der Waals surface area contributed by atoms with Crippen LogP contribution >= 0.6 is 0 Å². The quantitative estimate of drug-likeness (QED) is 0.678. The Morgan fingerprint density at radius 2 is 1.85 bits per heavy atom. The van der Waals surface area contributed by atoms with Gasteiger partial charge in [0.15, 0.2) is 18.1 Å². The van der Waals surface area contributed by atoms with Crippen molar-refractivity contribution in [2.45, 2.75) is 39.9 Å². The number of esters is 1. The van der Waals surface area contributed by atoms with E-state index in [9.17, 15) is 9.59 Å². The maximum atomic E-state index is 12.3. The Hall–Kier alpha value is -2.28. The fourth-order valence-corrected chi connectivity index (χ4v) is 2.85. The summed E-state index contributed by atoms with van der Waals surface area (Å²) in [4.78, 5) is 26.3. The number of rotatable bonds is 7. The molecule has 1 aliphatic heterocycles. The van der Waals surface area contributed by atoms with Crippen LogP contribution in [0.4, 0.5) is 0 Å². The van der Waals surface area contributed by atoms with Crippen molar-refractivity contribution in [1.82, 2.24) is 4.90 Å². The van der Waals surface area contributed by atoms with Gasteiger partial charge in [-0.15, -0.1) is 0 Å². The van der Waals surface area contributed by atoms with Crippen LogP contribution in [0.3, 0.4) is 0 Å². The van der Waals surface area contributed by atoms with E-state index in [2.05, 4.69) is 0 Å². The predicted octanol–water partition coefficient (Wildman–Crippen LogP) is 2.52. The van der Waals surface area contributed by atoms with Crippen LogP contribution in [0.1, 0.15) is 38.1 Å². The van der Waals surface area contributed by atoms with Crippen molar-refractivity contribution >= 4 is 11.9 Å². The predicted molar refractivity (Wildman–Crippen MR) is 100 cm³/mol. The van der Waals surface area contributed by atoms with Crippen molar-refractivity contribution in [2.24, 2.45) is 5.92 Å². The van der Waals surface area contributed by atoms with E-state index in [1.165, 1.54) is 7.11 Å². The van der Waals surface area contributed by atoms with Gasteiger partial charge in [0.1, 0.15) is 0 Å². The first kappa shape index (κ1) is 21.0. The van der Waals surface area contributed by atoms with Gasteiger partial charge in [-0.2, -0.15) is 0 Å². The molecule has 0 aliphatic carbocycles. The molecule has 2 rings (SSSR count). The average Bonchev–Trinajstić information content (AvgIpc) is 2.63. The van der Waals surface area contributed by atoms with Crippen LogP contribution in [-0.2, 0) is 14.3 Å². The number of nitrogens with zero attached hydrogens (tertiary/aromatic N) is 1. The minimum atomic E-state index is -0.577. The molecular formula is C20H29NO6. The maximum Gasteiger partial charge on any atom is 0.338 e. The lowest BCUT2D eigenvalue weighted by atomic mass is 10.2. The number of hydrogen-bond acceptors (Lipinski definition) is 6. The van der Waals surface area contributed by atoms with Gasteiger partial charge in [0.2, 0.25) is 0 Å². The van der Waals surface area contributed by atoms with Crippen LogP contribution in [0.15, 0.2) is 18.2 Å². The SMILES string of the molecule is COc1cc(C(=O)OCC(=O)N2C[C@H](C)O[C@@H](C)C2)ccc1OCC(C)C. The third kappa shape index (κ3) is 6.13. The Morgan fingerprint density at radius 3 is 2.44 bits per heavy atom. The minimum absolute atomic E-state index is 0.0314. The molecule has 7 heteroatoms. The standard InChI is InChI=1S/C20H29NO6/c1-13(2)11-25-17-7-6-16(8-18(17)24-5)20(23)26-12-19(22)21-9-14(3)27-15(4)10-21/h6-8,13-15H,9-12H2,1-5H3/t14-,15-/m0/s1. The van der Waals surface area contributed by atoms with Crippen LogP contribution in [0.5, 0.6) is 11.5 Å². The number of hydrogen-bond donors (Lipinski definition) is 0. The number of methoxy groups -OCH3 is 1. The summed E-state index contributed by atoms with van der Waals surface area (Å²) in [7, 11) is 1.51. The Labute approximate surface area is 160 Å². The number of carbonyl (C=O) groups is 2. The van der Waals surface area contributed by atoms with Gasteiger partial charge in [-0.05, 0) is 38.0 Å². The van der Waals surface area contributed by atoms with Crippen LogP contribution in [-0.4, -0.2) is 62.4 Å². The Kier molecular flexibility index (Phi) is 7.47. The second kappa shape index (κ2) is 9.60. The van der Waals surface area contributed by atoms with Crippen molar-refractivity contribution in [3.8, 4) is 11.5 Å². The molecule has 1 aliphatic rings. The van der Waals surface area contributed by atoms with Crippen molar-refractivity contribution < 1.29 is 28.5 Å². The van der Waals surface area contributed by atoms with E-state index in [4.69, 9.17) is 18.9 Å². The van der Waals surface area contributed by atoms with Gasteiger partial charge in [0.05, 0.1) is 31.5 Å². The van der Waals surface area contributed by atoms with E-state index in [1.807, 2.05) is 27.7 Å². The lowest BCUT2D eigenvalue weighted by Gasteiger charge is -2.35. The minimum Gasteiger partial charge on any atom is -0.493 e. The zero-order valence-electron chi connectivity index (χ0n) is 16.7. The summed E-state index contributed by atoms with van der Waals surface area (Å²) in [6.45, 7) is 9.16. The molecule has 0 aromatic heterocycles. The topological polar surface area (TPSA) is 74.3 Å². The van der Waals surface area contributed by atoms with Crippen LogP contribution in [0.2, 0.25) is 0 Å². The highest BCUT2D eigenvalue weighted by molar-refractivity contribution is 5.92. The highest BCUT2D eigenvalue weighted by Gasteiger charge is 2.26. The number of morpholine rings is 1.